The lowest BCUT2D eigenvalue weighted by atomic mass is 10.1. The molecule has 0 aliphatic carbocycles. The van der Waals surface area contributed by atoms with Crippen LogP contribution in [-0.4, -0.2) is 53.7 Å². The van der Waals surface area contributed by atoms with Crippen LogP contribution in [0.5, 0.6) is 0 Å². The first-order valence-corrected chi connectivity index (χ1v) is 9.20. The summed E-state index contributed by atoms with van der Waals surface area (Å²) in [5, 5.41) is 10.6. The van der Waals surface area contributed by atoms with E-state index < -0.39 is 0 Å². The number of furan rings is 1. The summed E-state index contributed by atoms with van der Waals surface area (Å²) in [4.78, 5) is 5.02. The quantitative estimate of drug-likeness (QED) is 0.845. The van der Waals surface area contributed by atoms with Gasteiger partial charge in [0.05, 0.1) is 6.54 Å². The van der Waals surface area contributed by atoms with E-state index in [0.29, 0.717) is 6.04 Å². The van der Waals surface area contributed by atoms with Gasteiger partial charge >= 0.3 is 0 Å². The van der Waals surface area contributed by atoms with Gasteiger partial charge in [0.1, 0.15) is 11.3 Å². The SMILES string of the molecule is CC(C)CCN1CCN(Cc2cc3ccccc3o2)CC1CCO. The number of aliphatic hydroxyl groups excluding tert-OH is 1. The lowest BCUT2D eigenvalue weighted by molar-refractivity contribution is 0.0495. The maximum absolute atomic E-state index is 9.42. The summed E-state index contributed by atoms with van der Waals surface area (Å²) in [5.74, 6) is 1.77. The van der Waals surface area contributed by atoms with Gasteiger partial charge in [0.25, 0.3) is 0 Å². The minimum absolute atomic E-state index is 0.265. The smallest absolute Gasteiger partial charge is 0.134 e. The van der Waals surface area contributed by atoms with Crippen LogP contribution in [0.25, 0.3) is 11.0 Å². The summed E-state index contributed by atoms with van der Waals surface area (Å²) in [5.41, 5.74) is 0.968. The number of hydrogen-bond acceptors (Lipinski definition) is 4. The average molecular weight is 330 g/mol. The molecule has 0 saturated carbocycles. The second kappa shape index (κ2) is 8.15. The van der Waals surface area contributed by atoms with Crippen LogP contribution in [0.3, 0.4) is 0 Å². The van der Waals surface area contributed by atoms with Crippen molar-refractivity contribution in [2.24, 2.45) is 5.92 Å². The maximum Gasteiger partial charge on any atom is 0.134 e. The molecule has 4 nitrogen and oxygen atoms in total. The minimum Gasteiger partial charge on any atom is -0.460 e. The zero-order chi connectivity index (χ0) is 16.9. The molecule has 2 heterocycles. The van der Waals surface area contributed by atoms with Gasteiger partial charge in [-0.25, -0.2) is 0 Å². The van der Waals surface area contributed by atoms with Crippen molar-refractivity contribution in [3.63, 3.8) is 0 Å². The molecule has 0 amide bonds. The lowest BCUT2D eigenvalue weighted by Gasteiger charge is -2.41. The molecule has 0 radical (unpaired) electrons. The van der Waals surface area contributed by atoms with Crippen LogP contribution in [0.15, 0.2) is 34.7 Å². The van der Waals surface area contributed by atoms with Crippen LogP contribution in [0, 0.1) is 5.92 Å². The Morgan fingerprint density at radius 3 is 2.83 bits per heavy atom. The second-order valence-corrected chi connectivity index (χ2v) is 7.37. The van der Waals surface area contributed by atoms with Crippen LogP contribution in [0.2, 0.25) is 0 Å². The fraction of sp³-hybridized carbons (Fsp3) is 0.600. The van der Waals surface area contributed by atoms with Gasteiger partial charge in [-0.3, -0.25) is 9.80 Å². The van der Waals surface area contributed by atoms with Crippen molar-refractivity contribution >= 4 is 11.0 Å². The standard InChI is InChI=1S/C20H30N2O2/c1-16(2)7-9-22-11-10-21(14-18(22)8-12-23)15-19-13-17-5-3-4-6-20(17)24-19/h3-6,13,16,18,23H,7-12,14-15H2,1-2H3. The van der Waals surface area contributed by atoms with Gasteiger partial charge in [-0.2, -0.15) is 0 Å². The monoisotopic (exact) mass is 330 g/mol. The van der Waals surface area contributed by atoms with Crippen molar-refractivity contribution in [2.45, 2.75) is 39.3 Å². The van der Waals surface area contributed by atoms with Gasteiger partial charge < -0.3 is 9.52 Å². The van der Waals surface area contributed by atoms with Crippen molar-refractivity contribution in [1.82, 2.24) is 9.80 Å². The zero-order valence-corrected chi connectivity index (χ0v) is 14.9. The predicted octanol–water partition coefficient (Wildman–Crippen LogP) is 3.35. The zero-order valence-electron chi connectivity index (χ0n) is 14.9. The summed E-state index contributed by atoms with van der Waals surface area (Å²) in [6, 6.07) is 10.8. The van der Waals surface area contributed by atoms with E-state index in [2.05, 4.69) is 35.8 Å². The highest BCUT2D eigenvalue weighted by Gasteiger charge is 2.27. The third kappa shape index (κ3) is 4.38. The molecular weight excluding hydrogens is 300 g/mol. The van der Waals surface area contributed by atoms with Gasteiger partial charge in [0.15, 0.2) is 0 Å². The fourth-order valence-corrected chi connectivity index (χ4v) is 3.58. The van der Waals surface area contributed by atoms with Gasteiger partial charge in [0.2, 0.25) is 0 Å². The summed E-state index contributed by atoms with van der Waals surface area (Å²) in [6.07, 6.45) is 2.08. The van der Waals surface area contributed by atoms with E-state index in [-0.39, 0.29) is 6.61 Å². The van der Waals surface area contributed by atoms with Gasteiger partial charge in [0, 0.05) is 37.7 Å². The predicted molar refractivity (Wildman–Crippen MR) is 98.0 cm³/mol. The third-order valence-electron chi connectivity index (χ3n) is 5.00. The Kier molecular flexibility index (Phi) is 5.93. The Hall–Kier alpha value is -1.36. The molecule has 24 heavy (non-hydrogen) atoms. The van der Waals surface area contributed by atoms with Gasteiger partial charge in [-0.1, -0.05) is 32.0 Å². The van der Waals surface area contributed by atoms with Crippen molar-refractivity contribution in [1.29, 1.82) is 0 Å². The third-order valence-corrected chi connectivity index (χ3v) is 5.00. The first-order valence-electron chi connectivity index (χ1n) is 9.20. The Bertz CT molecular complexity index is 604. The van der Waals surface area contributed by atoms with Crippen molar-refractivity contribution < 1.29 is 9.52 Å². The van der Waals surface area contributed by atoms with Crippen molar-refractivity contribution in [3.8, 4) is 0 Å². The van der Waals surface area contributed by atoms with E-state index in [1.807, 2.05) is 18.2 Å². The average Bonchev–Trinajstić information content (AvgIpc) is 2.96. The molecule has 1 unspecified atom stereocenters. The summed E-state index contributed by atoms with van der Waals surface area (Å²) in [7, 11) is 0. The molecular formula is C20H30N2O2. The molecule has 1 fully saturated rings. The molecule has 4 heteroatoms. The Balaban J connectivity index is 1.61. The molecule has 132 valence electrons. The van der Waals surface area contributed by atoms with E-state index in [4.69, 9.17) is 4.42 Å². The fourth-order valence-electron chi connectivity index (χ4n) is 3.58. The maximum atomic E-state index is 9.42. The molecule has 0 spiro atoms. The van der Waals surface area contributed by atoms with E-state index >= 15 is 0 Å². The number of aliphatic hydroxyl groups is 1. The molecule has 1 N–H and O–H groups in total. The molecule has 1 saturated heterocycles. The van der Waals surface area contributed by atoms with Gasteiger partial charge in [-0.15, -0.1) is 0 Å². The van der Waals surface area contributed by atoms with Gasteiger partial charge in [-0.05, 0) is 37.4 Å². The van der Waals surface area contributed by atoms with E-state index in [0.717, 1.165) is 56.4 Å². The molecule has 1 atom stereocenters. The van der Waals surface area contributed by atoms with Crippen molar-refractivity contribution in [3.05, 3.63) is 36.1 Å². The summed E-state index contributed by atoms with van der Waals surface area (Å²) in [6.45, 7) is 9.97. The minimum atomic E-state index is 0.265. The Labute approximate surface area is 145 Å². The van der Waals surface area contributed by atoms with Crippen molar-refractivity contribution in [2.75, 3.05) is 32.8 Å². The van der Waals surface area contributed by atoms with E-state index in [9.17, 15) is 5.11 Å². The number of piperazine rings is 1. The molecule has 2 aromatic rings. The summed E-state index contributed by atoms with van der Waals surface area (Å²) < 4.78 is 5.97. The first-order chi connectivity index (χ1) is 11.7. The first kappa shape index (κ1) is 17.5. The highest BCUT2D eigenvalue weighted by atomic mass is 16.3. The topological polar surface area (TPSA) is 39.9 Å². The molecule has 1 aromatic heterocycles. The van der Waals surface area contributed by atoms with Crippen LogP contribution < -0.4 is 0 Å². The molecule has 1 aliphatic rings. The van der Waals surface area contributed by atoms with Crippen LogP contribution >= 0.6 is 0 Å². The number of nitrogens with zero attached hydrogens (tertiary/aromatic N) is 2. The number of hydrogen-bond donors (Lipinski definition) is 1. The highest BCUT2D eigenvalue weighted by Crippen LogP contribution is 2.22. The summed E-state index contributed by atoms with van der Waals surface area (Å²) >= 11 is 0. The Morgan fingerprint density at radius 2 is 2.08 bits per heavy atom. The lowest BCUT2D eigenvalue weighted by Crippen LogP contribution is -2.53. The Morgan fingerprint density at radius 1 is 1.25 bits per heavy atom. The van der Waals surface area contributed by atoms with E-state index in [1.54, 1.807) is 0 Å². The molecule has 1 aromatic carbocycles. The largest absolute Gasteiger partial charge is 0.460 e. The molecule has 3 rings (SSSR count). The molecule has 0 bridgehead atoms. The van der Waals surface area contributed by atoms with Crippen LogP contribution in [0.1, 0.15) is 32.4 Å². The van der Waals surface area contributed by atoms with E-state index in [1.165, 1.54) is 11.8 Å². The molecule has 1 aliphatic heterocycles. The highest BCUT2D eigenvalue weighted by molar-refractivity contribution is 5.77. The number of fused-ring (bicyclic) bond motifs is 1. The number of para-hydroxylation sites is 1. The normalized spacial score (nSPS) is 20.2. The second-order valence-electron chi connectivity index (χ2n) is 7.37. The number of rotatable bonds is 7. The van der Waals surface area contributed by atoms with Crippen LogP contribution in [-0.2, 0) is 6.54 Å². The van der Waals surface area contributed by atoms with Crippen LogP contribution in [0.4, 0.5) is 0 Å². The number of benzene rings is 1.